The number of thiol groups is 1. The van der Waals surface area contributed by atoms with Gasteiger partial charge in [-0.15, -0.1) is 0 Å². The van der Waals surface area contributed by atoms with Gasteiger partial charge in [-0.25, -0.2) is 0 Å². The summed E-state index contributed by atoms with van der Waals surface area (Å²) in [7, 11) is 0. The highest BCUT2D eigenvalue weighted by molar-refractivity contribution is 7.74. The van der Waals surface area contributed by atoms with Crippen molar-refractivity contribution in [1.82, 2.24) is 0 Å². The van der Waals surface area contributed by atoms with Crippen molar-refractivity contribution >= 4 is 12.9 Å². The van der Waals surface area contributed by atoms with E-state index in [9.17, 15) is 0 Å². The molecule has 1 radical (unpaired) electrons. The van der Waals surface area contributed by atoms with Crippen molar-refractivity contribution in [3.63, 3.8) is 0 Å². The third kappa shape index (κ3) is 2.91. The molecular weight excluding hydrogens is 192 g/mol. The van der Waals surface area contributed by atoms with Gasteiger partial charge in [0.05, 0.1) is 0 Å². The van der Waals surface area contributed by atoms with Crippen LogP contribution in [-0.4, -0.2) is 4.55 Å². The Labute approximate surface area is 89.7 Å². The van der Waals surface area contributed by atoms with Crippen LogP contribution in [-0.2, 0) is 0 Å². The van der Waals surface area contributed by atoms with Crippen molar-refractivity contribution in [2.45, 2.75) is 0 Å². The molecule has 0 bridgehead atoms. The fourth-order valence-electron chi connectivity index (χ4n) is 1.21. The molecule has 2 rings (SSSR count). The quantitative estimate of drug-likeness (QED) is 0.536. The lowest BCUT2D eigenvalue weighted by molar-refractivity contribution is 0.679. The van der Waals surface area contributed by atoms with E-state index in [0.717, 1.165) is 0 Å². The lowest BCUT2D eigenvalue weighted by atomic mass is 10.1. The molecule has 2 aromatic carbocycles. The molecule has 1 N–H and O–H groups in total. The van der Waals surface area contributed by atoms with Crippen LogP contribution in [0.4, 0.5) is 0 Å². The summed E-state index contributed by atoms with van der Waals surface area (Å²) in [6.07, 6.45) is 0. The van der Waals surface area contributed by atoms with Crippen molar-refractivity contribution in [1.29, 1.82) is 0 Å². The molecule has 1 nitrogen and oxygen atoms in total. The second kappa shape index (κ2) is 6.24. The van der Waals surface area contributed by atoms with Gasteiger partial charge in [-0.3, -0.25) is 0 Å². The van der Waals surface area contributed by atoms with Gasteiger partial charge in [0.2, 0.25) is 0 Å². The zero-order chi connectivity index (χ0) is 10.2. The zero-order valence-electron chi connectivity index (χ0n) is 7.59. The van der Waals surface area contributed by atoms with E-state index in [1.165, 1.54) is 11.1 Å². The molecule has 0 amide bonds. The molecule has 0 aliphatic rings. The maximum atomic E-state index is 6.69. The van der Waals surface area contributed by atoms with Crippen molar-refractivity contribution in [3.05, 3.63) is 60.7 Å². The third-order valence-electron chi connectivity index (χ3n) is 1.83. The summed E-state index contributed by atoms with van der Waals surface area (Å²) in [6, 6.07) is 21.3. The van der Waals surface area contributed by atoms with Gasteiger partial charge in [0, 0.05) is 0 Å². The van der Waals surface area contributed by atoms with E-state index in [0.29, 0.717) is 0 Å². The summed E-state index contributed by atoms with van der Waals surface area (Å²) in [5.41, 5.74) is 2.50. The minimum Gasteiger partial charge on any atom is -0.333 e. The summed E-state index contributed by atoms with van der Waals surface area (Å²) in [4.78, 5) is 0. The molecule has 71 valence electrons. The lowest BCUT2D eigenvalue weighted by Gasteiger charge is -1.98. The molecule has 0 fully saturated rings. The van der Waals surface area contributed by atoms with Crippen molar-refractivity contribution < 1.29 is 4.55 Å². The highest BCUT2D eigenvalue weighted by Crippen LogP contribution is 2.16. The maximum Gasteiger partial charge on any atom is -0.0184 e. The predicted molar refractivity (Wildman–Crippen MR) is 62.3 cm³/mol. The van der Waals surface area contributed by atoms with Crippen LogP contribution in [0.2, 0.25) is 0 Å². The molecule has 0 aromatic heterocycles. The van der Waals surface area contributed by atoms with Crippen LogP contribution >= 0.6 is 12.9 Å². The van der Waals surface area contributed by atoms with Gasteiger partial charge >= 0.3 is 0 Å². The Bertz CT molecular complexity index is 308. The third-order valence-corrected chi connectivity index (χ3v) is 1.83. The van der Waals surface area contributed by atoms with E-state index < -0.39 is 0 Å². The summed E-state index contributed by atoms with van der Waals surface area (Å²) in [5, 5.41) is 0. The van der Waals surface area contributed by atoms with Crippen LogP contribution in [0.25, 0.3) is 11.1 Å². The van der Waals surface area contributed by atoms with E-state index in [1.807, 2.05) is 30.3 Å². The van der Waals surface area contributed by atoms with Crippen LogP contribution < -0.4 is 0 Å². The monoisotopic (exact) mass is 203 g/mol. The Morgan fingerprint density at radius 1 is 0.786 bits per heavy atom. The molecule has 14 heavy (non-hydrogen) atoms. The smallest absolute Gasteiger partial charge is 0.0184 e. The van der Waals surface area contributed by atoms with Crippen LogP contribution in [0.5, 0.6) is 0 Å². The fraction of sp³-hybridized carbons (Fsp3) is 0. The average molecular weight is 203 g/mol. The second-order valence-electron chi connectivity index (χ2n) is 2.65. The Hall–Kier alpha value is -1.25. The molecule has 0 spiro atoms. The summed E-state index contributed by atoms with van der Waals surface area (Å²) >= 11 is 2.53. The standard InChI is InChI=1S/C12H9.H2OS/c1-3-7-11(8-4-1)12-9-5-2-6-10-12;1-2/h1,3-10H;1-2H. The molecule has 2 aromatic rings. The topological polar surface area (TPSA) is 20.2 Å². The fourth-order valence-corrected chi connectivity index (χ4v) is 1.21. The van der Waals surface area contributed by atoms with Gasteiger partial charge in [0.1, 0.15) is 0 Å². The Kier molecular flexibility index (Phi) is 4.83. The number of hydrogen-bond donors (Lipinski definition) is 2. The molecular formula is C12H11OS. The van der Waals surface area contributed by atoms with E-state index >= 15 is 0 Å². The van der Waals surface area contributed by atoms with Gasteiger partial charge in [-0.05, 0) is 30.1 Å². The van der Waals surface area contributed by atoms with Crippen molar-refractivity contribution in [3.8, 4) is 11.1 Å². The molecule has 0 saturated heterocycles. The number of rotatable bonds is 1. The second-order valence-corrected chi connectivity index (χ2v) is 2.65. The molecule has 0 unspecified atom stereocenters. The van der Waals surface area contributed by atoms with Gasteiger partial charge < -0.3 is 4.55 Å². The summed E-state index contributed by atoms with van der Waals surface area (Å²) in [5.74, 6) is 0. The highest BCUT2D eigenvalue weighted by Gasteiger charge is 1.91. The normalized spacial score (nSPS) is 8.71. The first kappa shape index (κ1) is 10.8. The van der Waals surface area contributed by atoms with E-state index in [-0.39, 0.29) is 0 Å². The van der Waals surface area contributed by atoms with Crippen molar-refractivity contribution in [2.24, 2.45) is 0 Å². The zero-order valence-corrected chi connectivity index (χ0v) is 8.49. The van der Waals surface area contributed by atoms with Crippen molar-refractivity contribution in [2.75, 3.05) is 0 Å². The van der Waals surface area contributed by atoms with Gasteiger partial charge in [0.15, 0.2) is 0 Å². The minimum atomic E-state index is 1.24. The number of benzene rings is 2. The lowest BCUT2D eigenvalue weighted by Crippen LogP contribution is -1.73. The molecule has 0 atom stereocenters. The molecule has 0 heterocycles. The number of hydrogen-bond acceptors (Lipinski definition) is 2. The molecule has 0 aliphatic heterocycles. The average Bonchev–Trinajstić information content (AvgIpc) is 2.34. The minimum absolute atomic E-state index is 1.24. The van der Waals surface area contributed by atoms with Crippen LogP contribution in [0, 0.1) is 6.07 Å². The first-order valence-electron chi connectivity index (χ1n) is 4.18. The van der Waals surface area contributed by atoms with Crippen LogP contribution in [0.1, 0.15) is 0 Å². The Morgan fingerprint density at radius 2 is 1.29 bits per heavy atom. The van der Waals surface area contributed by atoms with Gasteiger partial charge in [0.25, 0.3) is 0 Å². The first-order valence-corrected chi connectivity index (χ1v) is 4.58. The van der Waals surface area contributed by atoms with E-state index in [1.54, 1.807) is 0 Å². The summed E-state index contributed by atoms with van der Waals surface area (Å²) < 4.78 is 6.69. The Morgan fingerprint density at radius 3 is 1.86 bits per heavy atom. The molecule has 2 heteroatoms. The van der Waals surface area contributed by atoms with E-state index in [4.69, 9.17) is 4.55 Å². The van der Waals surface area contributed by atoms with Crippen LogP contribution in [0.15, 0.2) is 54.6 Å². The molecule has 0 aliphatic carbocycles. The molecule has 0 saturated carbocycles. The van der Waals surface area contributed by atoms with E-state index in [2.05, 4.69) is 43.2 Å². The SMILES string of the molecule is OS.[c]1ccc(-c2ccccc2)cc1. The Balaban J connectivity index is 0.000000461. The predicted octanol–water partition coefficient (Wildman–Crippen LogP) is 3.54. The van der Waals surface area contributed by atoms with Crippen LogP contribution in [0.3, 0.4) is 0 Å². The largest absolute Gasteiger partial charge is 0.333 e. The van der Waals surface area contributed by atoms with Gasteiger partial charge in [-0.1, -0.05) is 54.6 Å². The first-order chi connectivity index (χ1) is 6.97. The summed E-state index contributed by atoms with van der Waals surface area (Å²) in [6.45, 7) is 0. The highest BCUT2D eigenvalue weighted by atomic mass is 32.1. The maximum absolute atomic E-state index is 6.69. The van der Waals surface area contributed by atoms with Gasteiger partial charge in [-0.2, -0.15) is 0 Å².